The molecular weight excluding hydrogens is 212 g/mol. The van der Waals surface area contributed by atoms with Gasteiger partial charge in [0.05, 0.1) is 6.61 Å². The third-order valence-electron chi connectivity index (χ3n) is 2.11. The molecule has 1 aromatic heterocycles. The summed E-state index contributed by atoms with van der Waals surface area (Å²) < 4.78 is 0. The van der Waals surface area contributed by atoms with Gasteiger partial charge in [0.25, 0.3) is 0 Å². The SMILES string of the molecule is OCc1cc(Cl)ccc1-c1cncnc1. The van der Waals surface area contributed by atoms with Crippen LogP contribution in [0.4, 0.5) is 0 Å². The van der Waals surface area contributed by atoms with Crippen molar-refractivity contribution in [1.82, 2.24) is 9.97 Å². The third-order valence-corrected chi connectivity index (χ3v) is 2.34. The van der Waals surface area contributed by atoms with E-state index in [0.717, 1.165) is 16.7 Å². The molecule has 0 aliphatic heterocycles. The number of aliphatic hydroxyl groups excluding tert-OH is 1. The van der Waals surface area contributed by atoms with Crippen LogP contribution < -0.4 is 0 Å². The summed E-state index contributed by atoms with van der Waals surface area (Å²) in [5, 5.41) is 9.82. The predicted molar refractivity (Wildman–Crippen MR) is 58.4 cm³/mol. The first kappa shape index (κ1) is 10.1. The Morgan fingerprint density at radius 2 is 1.93 bits per heavy atom. The van der Waals surface area contributed by atoms with Crippen LogP contribution in [-0.4, -0.2) is 15.1 Å². The first-order chi connectivity index (χ1) is 7.31. The lowest BCUT2D eigenvalue weighted by Gasteiger charge is -2.06. The summed E-state index contributed by atoms with van der Waals surface area (Å²) in [7, 11) is 0. The molecule has 0 fully saturated rings. The zero-order chi connectivity index (χ0) is 10.7. The second-order valence-electron chi connectivity index (χ2n) is 3.09. The largest absolute Gasteiger partial charge is 0.392 e. The predicted octanol–water partition coefficient (Wildman–Crippen LogP) is 2.29. The Balaban J connectivity index is 2.53. The highest BCUT2D eigenvalue weighted by molar-refractivity contribution is 6.30. The van der Waals surface area contributed by atoms with Gasteiger partial charge in [0.15, 0.2) is 0 Å². The number of halogens is 1. The van der Waals surface area contributed by atoms with Crippen LogP contribution in [-0.2, 0) is 6.61 Å². The molecule has 2 aromatic rings. The van der Waals surface area contributed by atoms with Crippen LogP contribution in [0.15, 0.2) is 36.9 Å². The molecular formula is C11H9ClN2O. The van der Waals surface area contributed by atoms with Crippen molar-refractivity contribution in [2.45, 2.75) is 6.61 Å². The van der Waals surface area contributed by atoms with Crippen LogP contribution >= 0.6 is 11.6 Å². The van der Waals surface area contributed by atoms with Gasteiger partial charge in [-0.1, -0.05) is 17.7 Å². The summed E-state index contributed by atoms with van der Waals surface area (Å²) in [6.07, 6.45) is 4.88. The van der Waals surface area contributed by atoms with E-state index in [1.54, 1.807) is 24.5 Å². The molecule has 0 radical (unpaired) electrons. The lowest BCUT2D eigenvalue weighted by atomic mass is 10.0. The number of nitrogens with zero attached hydrogens (tertiary/aromatic N) is 2. The van der Waals surface area contributed by atoms with Crippen molar-refractivity contribution in [3.63, 3.8) is 0 Å². The second kappa shape index (κ2) is 4.38. The monoisotopic (exact) mass is 220 g/mol. The molecule has 76 valence electrons. The van der Waals surface area contributed by atoms with Crippen LogP contribution in [0.25, 0.3) is 11.1 Å². The molecule has 0 aliphatic carbocycles. The van der Waals surface area contributed by atoms with E-state index < -0.39 is 0 Å². The molecule has 15 heavy (non-hydrogen) atoms. The molecule has 2 rings (SSSR count). The van der Waals surface area contributed by atoms with Crippen molar-refractivity contribution in [3.05, 3.63) is 47.5 Å². The van der Waals surface area contributed by atoms with Crippen molar-refractivity contribution in [2.75, 3.05) is 0 Å². The first-order valence-corrected chi connectivity index (χ1v) is 4.83. The van der Waals surface area contributed by atoms with E-state index >= 15 is 0 Å². The zero-order valence-electron chi connectivity index (χ0n) is 7.89. The summed E-state index contributed by atoms with van der Waals surface area (Å²) in [4.78, 5) is 7.87. The van der Waals surface area contributed by atoms with Gasteiger partial charge in [0, 0.05) is 23.0 Å². The van der Waals surface area contributed by atoms with Crippen molar-refractivity contribution in [2.24, 2.45) is 0 Å². The fraction of sp³-hybridized carbons (Fsp3) is 0.0909. The highest BCUT2D eigenvalue weighted by Gasteiger charge is 2.05. The van der Waals surface area contributed by atoms with Gasteiger partial charge >= 0.3 is 0 Å². The molecule has 1 aromatic carbocycles. The standard InChI is InChI=1S/C11H9ClN2O/c12-10-1-2-11(8(3-10)6-15)9-4-13-7-14-5-9/h1-5,7,15H,6H2. The Labute approximate surface area is 92.4 Å². The maximum absolute atomic E-state index is 9.20. The van der Waals surface area contributed by atoms with E-state index in [9.17, 15) is 5.11 Å². The van der Waals surface area contributed by atoms with Crippen LogP contribution in [0, 0.1) is 0 Å². The van der Waals surface area contributed by atoms with Gasteiger partial charge in [-0.05, 0) is 23.3 Å². The van der Waals surface area contributed by atoms with Crippen molar-refractivity contribution < 1.29 is 5.11 Å². The molecule has 3 nitrogen and oxygen atoms in total. The van der Waals surface area contributed by atoms with E-state index in [1.165, 1.54) is 6.33 Å². The highest BCUT2D eigenvalue weighted by Crippen LogP contribution is 2.25. The van der Waals surface area contributed by atoms with Crippen LogP contribution in [0.5, 0.6) is 0 Å². The van der Waals surface area contributed by atoms with E-state index in [1.807, 2.05) is 6.07 Å². The van der Waals surface area contributed by atoms with Gasteiger partial charge < -0.3 is 5.11 Å². The number of rotatable bonds is 2. The summed E-state index contributed by atoms with van der Waals surface area (Å²) in [5.74, 6) is 0. The molecule has 1 heterocycles. The topological polar surface area (TPSA) is 46.0 Å². The van der Waals surface area contributed by atoms with Crippen LogP contribution in [0.3, 0.4) is 0 Å². The fourth-order valence-corrected chi connectivity index (χ4v) is 1.61. The molecule has 0 spiro atoms. The van der Waals surface area contributed by atoms with Crippen molar-refractivity contribution in [1.29, 1.82) is 0 Å². The van der Waals surface area contributed by atoms with E-state index in [-0.39, 0.29) is 6.61 Å². The highest BCUT2D eigenvalue weighted by atomic mass is 35.5. The maximum atomic E-state index is 9.20. The van der Waals surface area contributed by atoms with E-state index in [0.29, 0.717) is 5.02 Å². The van der Waals surface area contributed by atoms with Gasteiger partial charge in [-0.15, -0.1) is 0 Å². The Morgan fingerprint density at radius 3 is 2.60 bits per heavy atom. The average Bonchev–Trinajstić information content (AvgIpc) is 2.30. The minimum absolute atomic E-state index is 0.0508. The minimum Gasteiger partial charge on any atom is -0.392 e. The smallest absolute Gasteiger partial charge is 0.115 e. The van der Waals surface area contributed by atoms with Gasteiger partial charge in [0.1, 0.15) is 6.33 Å². The molecule has 0 amide bonds. The Morgan fingerprint density at radius 1 is 1.20 bits per heavy atom. The molecule has 0 saturated heterocycles. The van der Waals surface area contributed by atoms with Crippen LogP contribution in [0.1, 0.15) is 5.56 Å². The summed E-state index contributed by atoms with van der Waals surface area (Å²) in [6, 6.07) is 5.37. The first-order valence-electron chi connectivity index (χ1n) is 4.46. The molecule has 0 atom stereocenters. The summed E-state index contributed by atoms with van der Waals surface area (Å²) in [5.41, 5.74) is 2.55. The molecule has 0 aliphatic rings. The average molecular weight is 221 g/mol. The molecule has 0 saturated carbocycles. The Bertz CT molecular complexity index is 459. The molecule has 0 bridgehead atoms. The summed E-state index contributed by atoms with van der Waals surface area (Å²) in [6.45, 7) is -0.0508. The van der Waals surface area contributed by atoms with Gasteiger partial charge in [-0.25, -0.2) is 9.97 Å². The number of hydrogen-bond acceptors (Lipinski definition) is 3. The van der Waals surface area contributed by atoms with Crippen molar-refractivity contribution in [3.8, 4) is 11.1 Å². The van der Waals surface area contributed by atoms with Gasteiger partial charge in [0.2, 0.25) is 0 Å². The van der Waals surface area contributed by atoms with Gasteiger partial charge in [-0.2, -0.15) is 0 Å². The number of aromatic nitrogens is 2. The van der Waals surface area contributed by atoms with Crippen LogP contribution in [0.2, 0.25) is 5.02 Å². The third kappa shape index (κ3) is 2.14. The maximum Gasteiger partial charge on any atom is 0.115 e. The van der Waals surface area contributed by atoms with E-state index in [4.69, 9.17) is 11.6 Å². The number of hydrogen-bond donors (Lipinski definition) is 1. The fourth-order valence-electron chi connectivity index (χ4n) is 1.41. The molecule has 0 unspecified atom stereocenters. The normalized spacial score (nSPS) is 10.3. The Kier molecular flexibility index (Phi) is 2.94. The lowest BCUT2D eigenvalue weighted by molar-refractivity contribution is 0.282. The Hall–Kier alpha value is -1.45. The van der Waals surface area contributed by atoms with E-state index in [2.05, 4.69) is 9.97 Å². The molecule has 4 heteroatoms. The zero-order valence-corrected chi connectivity index (χ0v) is 8.65. The number of benzene rings is 1. The van der Waals surface area contributed by atoms with Gasteiger partial charge in [-0.3, -0.25) is 0 Å². The quantitative estimate of drug-likeness (QED) is 0.845. The lowest BCUT2D eigenvalue weighted by Crippen LogP contribution is -1.90. The summed E-state index contributed by atoms with van der Waals surface area (Å²) >= 11 is 5.84. The number of aliphatic hydroxyl groups is 1. The second-order valence-corrected chi connectivity index (χ2v) is 3.52. The minimum atomic E-state index is -0.0508. The van der Waals surface area contributed by atoms with Crippen molar-refractivity contribution >= 4 is 11.6 Å². The molecule has 1 N–H and O–H groups in total.